The molecule has 1 N–H and O–H groups in total. The fraction of sp³-hybridized carbons (Fsp3) is 0.478. The molecule has 0 spiro atoms. The summed E-state index contributed by atoms with van der Waals surface area (Å²) in [6, 6.07) is 9.25. The van der Waals surface area contributed by atoms with Crippen LogP contribution in [0.3, 0.4) is 0 Å². The Bertz CT molecular complexity index is 1070. The number of aliphatic hydroxyl groups excluding tert-OH is 1. The number of aliphatic hydroxyl groups is 1. The first-order valence-corrected chi connectivity index (χ1v) is 12.4. The van der Waals surface area contributed by atoms with Gasteiger partial charge in [0.25, 0.3) is 5.91 Å². The van der Waals surface area contributed by atoms with Crippen LogP contribution in [-0.4, -0.2) is 78.8 Å². The van der Waals surface area contributed by atoms with Gasteiger partial charge in [-0.25, -0.2) is 17.7 Å². The third-order valence-corrected chi connectivity index (χ3v) is 7.19. The Morgan fingerprint density at radius 1 is 1.28 bits per heavy atom. The Kier molecular flexibility index (Phi) is 7.22. The minimum atomic E-state index is -3.40. The van der Waals surface area contributed by atoms with E-state index in [0.29, 0.717) is 12.1 Å². The molecule has 174 valence electrons. The predicted octanol–water partition coefficient (Wildman–Crippen LogP) is 2.17. The molecule has 3 rings (SSSR count). The van der Waals surface area contributed by atoms with Crippen LogP contribution >= 0.6 is 0 Å². The van der Waals surface area contributed by atoms with Crippen molar-refractivity contribution in [3.63, 3.8) is 0 Å². The summed E-state index contributed by atoms with van der Waals surface area (Å²) in [5, 5.41) is 9.75. The van der Waals surface area contributed by atoms with Gasteiger partial charge in [0.2, 0.25) is 15.9 Å². The van der Waals surface area contributed by atoms with Crippen LogP contribution in [0.15, 0.2) is 36.5 Å². The van der Waals surface area contributed by atoms with Gasteiger partial charge < -0.3 is 14.7 Å². The van der Waals surface area contributed by atoms with Crippen LogP contribution < -0.4 is 4.74 Å². The van der Waals surface area contributed by atoms with Crippen molar-refractivity contribution in [2.75, 3.05) is 33.0 Å². The molecule has 0 unspecified atom stereocenters. The van der Waals surface area contributed by atoms with Gasteiger partial charge in [0.15, 0.2) is 0 Å². The molecule has 0 fully saturated rings. The van der Waals surface area contributed by atoms with Gasteiger partial charge in [-0.15, -0.1) is 0 Å². The SMILES string of the molecule is Cc1ccc(-c2cnc3c(c2)C(=O)N([C@@H](C)CO)C[C@H](C)[C@H](CN(C)S(C)(=O)=O)O3)cc1. The monoisotopic (exact) mass is 461 g/mol. The molecule has 2 heterocycles. The summed E-state index contributed by atoms with van der Waals surface area (Å²) >= 11 is 0. The third-order valence-electron chi connectivity index (χ3n) is 5.91. The molecule has 1 aromatic heterocycles. The fourth-order valence-electron chi connectivity index (χ4n) is 3.61. The first kappa shape index (κ1) is 24.2. The van der Waals surface area contributed by atoms with Crippen molar-refractivity contribution in [3.8, 4) is 17.0 Å². The van der Waals surface area contributed by atoms with Gasteiger partial charge in [0.1, 0.15) is 11.7 Å². The molecule has 0 saturated heterocycles. The highest BCUT2D eigenvalue weighted by atomic mass is 32.2. The Morgan fingerprint density at radius 2 is 1.94 bits per heavy atom. The van der Waals surface area contributed by atoms with Crippen molar-refractivity contribution in [2.45, 2.75) is 32.9 Å². The Labute approximate surface area is 189 Å². The van der Waals surface area contributed by atoms with E-state index in [0.717, 1.165) is 22.9 Å². The Hall–Kier alpha value is -2.49. The van der Waals surface area contributed by atoms with E-state index in [1.54, 1.807) is 24.1 Å². The van der Waals surface area contributed by atoms with E-state index in [1.807, 2.05) is 38.1 Å². The van der Waals surface area contributed by atoms with Gasteiger partial charge in [0.05, 0.1) is 25.4 Å². The first-order valence-electron chi connectivity index (χ1n) is 10.6. The average molecular weight is 462 g/mol. The fourth-order valence-corrected chi connectivity index (χ4v) is 4.03. The minimum absolute atomic E-state index is 0.121. The van der Waals surface area contributed by atoms with Gasteiger partial charge >= 0.3 is 0 Å². The highest BCUT2D eigenvalue weighted by molar-refractivity contribution is 7.88. The van der Waals surface area contributed by atoms with E-state index in [1.165, 1.54) is 11.4 Å². The maximum absolute atomic E-state index is 13.4. The number of sulfonamides is 1. The number of carbonyl (C=O) groups is 1. The molecule has 0 radical (unpaired) electrons. The predicted molar refractivity (Wildman–Crippen MR) is 123 cm³/mol. The van der Waals surface area contributed by atoms with Crippen LogP contribution in [0, 0.1) is 12.8 Å². The molecule has 0 saturated carbocycles. The summed E-state index contributed by atoms with van der Waals surface area (Å²) in [6.07, 6.45) is 2.28. The van der Waals surface area contributed by atoms with E-state index < -0.39 is 22.2 Å². The quantitative estimate of drug-likeness (QED) is 0.708. The van der Waals surface area contributed by atoms with Crippen LogP contribution in [0.25, 0.3) is 11.1 Å². The van der Waals surface area contributed by atoms with Gasteiger partial charge in [-0.3, -0.25) is 4.79 Å². The number of carbonyl (C=O) groups excluding carboxylic acids is 1. The zero-order valence-electron chi connectivity index (χ0n) is 19.1. The Morgan fingerprint density at radius 3 is 2.53 bits per heavy atom. The van der Waals surface area contributed by atoms with Crippen LogP contribution in [0.5, 0.6) is 5.88 Å². The molecule has 3 atom stereocenters. The smallest absolute Gasteiger partial charge is 0.259 e. The van der Waals surface area contributed by atoms with Crippen molar-refractivity contribution >= 4 is 15.9 Å². The largest absolute Gasteiger partial charge is 0.472 e. The van der Waals surface area contributed by atoms with E-state index in [4.69, 9.17) is 4.74 Å². The number of likely N-dealkylation sites (N-methyl/N-ethyl adjacent to an activating group) is 1. The highest BCUT2D eigenvalue weighted by Crippen LogP contribution is 2.30. The third kappa shape index (κ3) is 5.28. The molecule has 2 aromatic rings. The highest BCUT2D eigenvalue weighted by Gasteiger charge is 2.35. The van der Waals surface area contributed by atoms with Gasteiger partial charge in [-0.05, 0) is 25.5 Å². The lowest BCUT2D eigenvalue weighted by atomic mass is 9.99. The number of aromatic nitrogens is 1. The summed E-state index contributed by atoms with van der Waals surface area (Å²) in [7, 11) is -1.90. The van der Waals surface area contributed by atoms with Crippen LogP contribution in [-0.2, 0) is 10.0 Å². The molecule has 1 amide bonds. The van der Waals surface area contributed by atoms with Crippen molar-refractivity contribution in [2.24, 2.45) is 5.92 Å². The lowest BCUT2D eigenvalue weighted by molar-refractivity contribution is 0.0374. The van der Waals surface area contributed by atoms with Crippen LogP contribution in [0.1, 0.15) is 29.8 Å². The summed E-state index contributed by atoms with van der Waals surface area (Å²) in [6.45, 7) is 5.93. The van der Waals surface area contributed by atoms with Crippen LogP contribution in [0.2, 0.25) is 0 Å². The van der Waals surface area contributed by atoms with Gasteiger partial charge in [-0.2, -0.15) is 0 Å². The van der Waals surface area contributed by atoms with Crippen molar-refractivity contribution < 1.29 is 23.1 Å². The number of fused-ring (bicyclic) bond motifs is 1. The summed E-state index contributed by atoms with van der Waals surface area (Å²) in [5.74, 6) is -0.298. The van der Waals surface area contributed by atoms with Crippen molar-refractivity contribution in [3.05, 3.63) is 47.7 Å². The van der Waals surface area contributed by atoms with Gasteiger partial charge in [-0.1, -0.05) is 36.8 Å². The number of aryl methyl sites for hydroxylation is 1. The lowest BCUT2D eigenvalue weighted by Crippen LogP contribution is -2.50. The molecule has 1 aromatic carbocycles. The second-order valence-corrected chi connectivity index (χ2v) is 10.7. The zero-order valence-corrected chi connectivity index (χ0v) is 20.0. The molecule has 0 bridgehead atoms. The summed E-state index contributed by atoms with van der Waals surface area (Å²) < 4.78 is 31.3. The molecule has 1 aliphatic heterocycles. The molecule has 32 heavy (non-hydrogen) atoms. The number of ether oxygens (including phenoxy) is 1. The zero-order chi connectivity index (χ0) is 23.6. The molecular weight excluding hydrogens is 430 g/mol. The number of hydrogen-bond acceptors (Lipinski definition) is 6. The van der Waals surface area contributed by atoms with E-state index in [2.05, 4.69) is 4.98 Å². The second-order valence-electron chi connectivity index (χ2n) is 8.61. The number of pyridine rings is 1. The normalized spacial score (nSPS) is 20.3. The van der Waals surface area contributed by atoms with Crippen LogP contribution in [0.4, 0.5) is 0 Å². The van der Waals surface area contributed by atoms with E-state index >= 15 is 0 Å². The molecule has 0 aliphatic carbocycles. The number of amides is 1. The minimum Gasteiger partial charge on any atom is -0.472 e. The van der Waals surface area contributed by atoms with E-state index in [-0.39, 0.29) is 30.9 Å². The number of benzene rings is 1. The number of rotatable bonds is 6. The van der Waals surface area contributed by atoms with Gasteiger partial charge in [0, 0.05) is 31.3 Å². The first-order chi connectivity index (χ1) is 15.0. The van der Waals surface area contributed by atoms with E-state index in [9.17, 15) is 18.3 Å². The standard InChI is InChI=1S/C23H31N3O5S/c1-15-6-8-18(9-7-15)19-10-20-22(24-11-19)31-21(13-25(4)32(5,29)30)16(2)12-26(23(20)28)17(3)14-27/h6-11,16-17,21,27H,12-14H2,1-5H3/t16-,17-,21-/m0/s1. The molecular formula is C23H31N3O5S. The van der Waals surface area contributed by atoms with Crippen molar-refractivity contribution in [1.82, 2.24) is 14.2 Å². The second kappa shape index (κ2) is 9.56. The van der Waals surface area contributed by atoms with Crippen molar-refractivity contribution in [1.29, 1.82) is 0 Å². The molecule has 1 aliphatic rings. The maximum atomic E-state index is 13.4. The number of hydrogen-bond donors (Lipinski definition) is 1. The average Bonchev–Trinajstić information content (AvgIpc) is 2.75. The summed E-state index contributed by atoms with van der Waals surface area (Å²) in [4.78, 5) is 19.5. The number of nitrogens with zero attached hydrogens (tertiary/aromatic N) is 3. The Balaban J connectivity index is 2.06. The maximum Gasteiger partial charge on any atom is 0.259 e. The lowest BCUT2D eigenvalue weighted by Gasteiger charge is -2.37. The molecule has 9 heteroatoms. The topological polar surface area (TPSA) is 100 Å². The molecule has 8 nitrogen and oxygen atoms in total. The summed E-state index contributed by atoms with van der Waals surface area (Å²) in [5.41, 5.74) is 3.12.